The highest BCUT2D eigenvalue weighted by Crippen LogP contribution is 2.34. The summed E-state index contributed by atoms with van der Waals surface area (Å²) in [6.07, 6.45) is 1.54. The molecule has 0 unspecified atom stereocenters. The Balaban J connectivity index is 1.48. The van der Waals surface area contributed by atoms with E-state index in [1.807, 2.05) is 30.3 Å². The molecule has 7 nitrogen and oxygen atoms in total. The SMILES string of the molecule is COc1ccc(CNC(=O)Nc2ccc3c(c2)N(S(=O)(=O)c2ccccc2)CCC3)cc1. The van der Waals surface area contributed by atoms with Crippen molar-refractivity contribution < 1.29 is 17.9 Å². The number of methoxy groups -OCH3 is 1. The Labute approximate surface area is 188 Å². The quantitative estimate of drug-likeness (QED) is 0.589. The molecule has 0 atom stereocenters. The Kier molecular flexibility index (Phi) is 6.32. The van der Waals surface area contributed by atoms with Gasteiger partial charge in [-0.2, -0.15) is 0 Å². The van der Waals surface area contributed by atoms with E-state index in [0.717, 1.165) is 29.7 Å². The van der Waals surface area contributed by atoms with Gasteiger partial charge in [0, 0.05) is 18.8 Å². The number of sulfonamides is 1. The van der Waals surface area contributed by atoms with Crippen molar-refractivity contribution in [2.75, 3.05) is 23.3 Å². The molecule has 0 bridgehead atoms. The number of aryl methyl sites for hydroxylation is 1. The topological polar surface area (TPSA) is 87.7 Å². The molecule has 0 saturated carbocycles. The zero-order valence-electron chi connectivity index (χ0n) is 17.7. The molecule has 4 rings (SSSR count). The number of carbonyl (C=O) groups excluding carboxylic acids is 1. The molecule has 2 N–H and O–H groups in total. The van der Waals surface area contributed by atoms with Gasteiger partial charge in [-0.3, -0.25) is 4.31 Å². The van der Waals surface area contributed by atoms with Crippen LogP contribution in [0.1, 0.15) is 17.5 Å². The molecule has 1 aliphatic heterocycles. The van der Waals surface area contributed by atoms with E-state index in [4.69, 9.17) is 4.74 Å². The molecule has 0 fully saturated rings. The third-order valence-electron chi connectivity index (χ3n) is 5.36. The molecule has 0 saturated heterocycles. The van der Waals surface area contributed by atoms with Crippen LogP contribution in [-0.4, -0.2) is 28.1 Å². The number of hydrogen-bond donors (Lipinski definition) is 2. The Morgan fingerprint density at radius 2 is 1.78 bits per heavy atom. The molecular weight excluding hydrogens is 426 g/mol. The van der Waals surface area contributed by atoms with Crippen molar-refractivity contribution in [1.29, 1.82) is 0 Å². The highest BCUT2D eigenvalue weighted by molar-refractivity contribution is 7.92. The van der Waals surface area contributed by atoms with E-state index in [9.17, 15) is 13.2 Å². The summed E-state index contributed by atoms with van der Waals surface area (Å²) in [4.78, 5) is 12.7. The highest BCUT2D eigenvalue weighted by Gasteiger charge is 2.29. The second kappa shape index (κ2) is 9.32. The number of rotatable bonds is 6. The lowest BCUT2D eigenvalue weighted by Crippen LogP contribution is -2.35. The first-order valence-electron chi connectivity index (χ1n) is 10.4. The van der Waals surface area contributed by atoms with Gasteiger partial charge in [-0.1, -0.05) is 36.4 Å². The summed E-state index contributed by atoms with van der Waals surface area (Å²) in [5.41, 5.74) is 3.02. The van der Waals surface area contributed by atoms with E-state index in [1.54, 1.807) is 49.6 Å². The largest absolute Gasteiger partial charge is 0.497 e. The zero-order chi connectivity index (χ0) is 22.6. The average Bonchev–Trinajstić information content (AvgIpc) is 2.83. The summed E-state index contributed by atoms with van der Waals surface area (Å²) in [6, 6.07) is 20.9. The molecule has 2 amide bonds. The zero-order valence-corrected chi connectivity index (χ0v) is 18.6. The highest BCUT2D eigenvalue weighted by atomic mass is 32.2. The van der Waals surface area contributed by atoms with Crippen LogP contribution in [0.15, 0.2) is 77.7 Å². The number of fused-ring (bicyclic) bond motifs is 1. The van der Waals surface area contributed by atoms with E-state index >= 15 is 0 Å². The fraction of sp³-hybridized carbons (Fsp3) is 0.208. The maximum Gasteiger partial charge on any atom is 0.319 e. The first-order chi connectivity index (χ1) is 15.5. The summed E-state index contributed by atoms with van der Waals surface area (Å²) in [5.74, 6) is 0.752. The van der Waals surface area contributed by atoms with Crippen molar-refractivity contribution in [3.8, 4) is 5.75 Å². The molecule has 1 aliphatic rings. The lowest BCUT2D eigenvalue weighted by molar-refractivity contribution is 0.251. The van der Waals surface area contributed by atoms with Crippen LogP contribution in [0, 0.1) is 0 Å². The second-order valence-corrected chi connectivity index (χ2v) is 9.36. The number of carbonyl (C=O) groups is 1. The molecule has 8 heteroatoms. The fourth-order valence-corrected chi connectivity index (χ4v) is 5.24. The van der Waals surface area contributed by atoms with Crippen LogP contribution in [0.2, 0.25) is 0 Å². The first kappa shape index (κ1) is 21.7. The van der Waals surface area contributed by atoms with Crippen LogP contribution >= 0.6 is 0 Å². The minimum absolute atomic E-state index is 0.253. The van der Waals surface area contributed by atoms with Crippen molar-refractivity contribution >= 4 is 27.4 Å². The molecule has 1 heterocycles. The monoisotopic (exact) mass is 451 g/mol. The van der Waals surface area contributed by atoms with Gasteiger partial charge >= 0.3 is 6.03 Å². The summed E-state index contributed by atoms with van der Waals surface area (Å²) in [7, 11) is -2.08. The number of nitrogens with zero attached hydrogens (tertiary/aromatic N) is 1. The number of benzene rings is 3. The number of amides is 2. The van der Waals surface area contributed by atoms with E-state index in [0.29, 0.717) is 24.5 Å². The van der Waals surface area contributed by atoms with Gasteiger partial charge in [0.25, 0.3) is 10.0 Å². The van der Waals surface area contributed by atoms with Crippen molar-refractivity contribution in [3.63, 3.8) is 0 Å². The maximum atomic E-state index is 13.2. The normalized spacial score (nSPS) is 13.2. The predicted molar refractivity (Wildman–Crippen MR) is 125 cm³/mol. The van der Waals surface area contributed by atoms with Gasteiger partial charge < -0.3 is 15.4 Å². The van der Waals surface area contributed by atoms with E-state index in [1.165, 1.54) is 4.31 Å². The van der Waals surface area contributed by atoms with Gasteiger partial charge in [0.2, 0.25) is 0 Å². The van der Waals surface area contributed by atoms with Crippen LogP contribution in [0.25, 0.3) is 0 Å². The number of hydrogen-bond acceptors (Lipinski definition) is 4. The van der Waals surface area contributed by atoms with Crippen molar-refractivity contribution in [2.45, 2.75) is 24.3 Å². The van der Waals surface area contributed by atoms with E-state index < -0.39 is 10.0 Å². The maximum absolute atomic E-state index is 13.2. The number of ether oxygens (including phenoxy) is 1. The number of anilines is 2. The van der Waals surface area contributed by atoms with Gasteiger partial charge in [0.15, 0.2) is 0 Å². The number of nitrogens with one attached hydrogen (secondary N) is 2. The molecular formula is C24H25N3O4S. The minimum Gasteiger partial charge on any atom is -0.497 e. The Bertz CT molecular complexity index is 1200. The minimum atomic E-state index is -3.68. The molecule has 0 aromatic heterocycles. The fourth-order valence-electron chi connectivity index (χ4n) is 3.69. The lowest BCUT2D eigenvalue weighted by atomic mass is 10.0. The molecule has 0 aliphatic carbocycles. The van der Waals surface area contributed by atoms with Crippen LogP contribution in [-0.2, 0) is 23.0 Å². The predicted octanol–water partition coefficient (Wildman–Crippen LogP) is 4.16. The molecule has 3 aromatic carbocycles. The summed E-state index contributed by atoms with van der Waals surface area (Å²) in [5, 5.41) is 5.61. The van der Waals surface area contributed by atoms with Crippen molar-refractivity contribution in [2.24, 2.45) is 0 Å². The first-order valence-corrected chi connectivity index (χ1v) is 11.8. The lowest BCUT2D eigenvalue weighted by Gasteiger charge is -2.31. The van der Waals surface area contributed by atoms with Gasteiger partial charge in [-0.25, -0.2) is 13.2 Å². The van der Waals surface area contributed by atoms with Crippen LogP contribution in [0.4, 0.5) is 16.2 Å². The number of urea groups is 1. The average molecular weight is 452 g/mol. The van der Waals surface area contributed by atoms with E-state index in [-0.39, 0.29) is 10.9 Å². The summed E-state index contributed by atoms with van der Waals surface area (Å²) < 4.78 is 33.0. The van der Waals surface area contributed by atoms with Crippen LogP contribution < -0.4 is 19.7 Å². The third-order valence-corrected chi connectivity index (χ3v) is 7.19. The second-order valence-electron chi connectivity index (χ2n) is 7.49. The molecule has 32 heavy (non-hydrogen) atoms. The van der Waals surface area contributed by atoms with Gasteiger partial charge in [-0.15, -0.1) is 0 Å². The Hall–Kier alpha value is -3.52. The van der Waals surface area contributed by atoms with Crippen molar-refractivity contribution in [1.82, 2.24) is 5.32 Å². The molecule has 3 aromatic rings. The van der Waals surface area contributed by atoms with Gasteiger partial charge in [0.05, 0.1) is 17.7 Å². The summed E-state index contributed by atoms with van der Waals surface area (Å²) >= 11 is 0. The van der Waals surface area contributed by atoms with Crippen LogP contribution in [0.5, 0.6) is 5.75 Å². The smallest absolute Gasteiger partial charge is 0.319 e. The van der Waals surface area contributed by atoms with E-state index in [2.05, 4.69) is 10.6 Å². The van der Waals surface area contributed by atoms with Crippen LogP contribution in [0.3, 0.4) is 0 Å². The molecule has 166 valence electrons. The van der Waals surface area contributed by atoms with Gasteiger partial charge in [0.1, 0.15) is 5.75 Å². The Morgan fingerprint density at radius 1 is 1.03 bits per heavy atom. The molecule has 0 spiro atoms. The van der Waals surface area contributed by atoms with Gasteiger partial charge in [-0.05, 0) is 60.4 Å². The molecule has 0 radical (unpaired) electrons. The third kappa shape index (κ3) is 4.70. The summed E-state index contributed by atoms with van der Waals surface area (Å²) in [6.45, 7) is 0.757. The Morgan fingerprint density at radius 3 is 2.50 bits per heavy atom. The van der Waals surface area contributed by atoms with Crippen molar-refractivity contribution in [3.05, 3.63) is 83.9 Å². The standard InChI is InChI=1S/C24H25N3O4S/c1-31-21-13-9-18(10-14-21)17-25-24(28)26-20-12-11-19-6-5-15-27(23(19)16-20)32(29,30)22-7-3-2-4-8-22/h2-4,7-14,16H,5-6,15,17H2,1H3,(H2,25,26,28).